The smallest absolute Gasteiger partial charge is 0.203 e. The molecule has 1 radical (unpaired) electrons. The lowest BCUT2D eigenvalue weighted by atomic mass is 10.1. The van der Waals surface area contributed by atoms with E-state index in [-0.39, 0.29) is 0 Å². The molecule has 0 atom stereocenters. The summed E-state index contributed by atoms with van der Waals surface area (Å²) in [6, 6.07) is 7.55. The van der Waals surface area contributed by atoms with E-state index in [0.29, 0.717) is 13.0 Å². The summed E-state index contributed by atoms with van der Waals surface area (Å²) in [6.45, 7) is 2.78. The zero-order valence-corrected chi connectivity index (χ0v) is 7.75. The monoisotopic (exact) mass is 177 g/mol. The molecule has 2 heteroatoms. The van der Waals surface area contributed by atoms with E-state index in [1.807, 2.05) is 30.6 Å². The van der Waals surface area contributed by atoms with Gasteiger partial charge in [-0.05, 0) is 24.1 Å². The molecule has 0 aliphatic rings. The van der Waals surface area contributed by atoms with Crippen molar-refractivity contribution in [2.45, 2.75) is 19.8 Å². The molecule has 0 bridgehead atoms. The second kappa shape index (κ2) is 5.36. The molecule has 69 valence electrons. The Morgan fingerprint density at radius 3 is 3.00 bits per heavy atom. The van der Waals surface area contributed by atoms with Crippen molar-refractivity contribution in [2.75, 3.05) is 6.61 Å². The fraction of sp³-hybridized carbons (Fsp3) is 0.364. The zero-order chi connectivity index (χ0) is 9.52. The molecule has 0 saturated heterocycles. The quantitative estimate of drug-likeness (QED) is 0.688. The Hall–Kier alpha value is -1.31. The van der Waals surface area contributed by atoms with Crippen molar-refractivity contribution in [3.05, 3.63) is 29.8 Å². The Balaban J connectivity index is 2.61. The van der Waals surface area contributed by atoms with E-state index in [2.05, 4.69) is 6.92 Å². The first-order valence-corrected chi connectivity index (χ1v) is 4.43. The summed E-state index contributed by atoms with van der Waals surface area (Å²) in [6.07, 6.45) is 3.19. The number of carbonyl (C=O) groups excluding carboxylic acids is 1. The third kappa shape index (κ3) is 3.28. The Labute approximate surface area is 78.5 Å². The van der Waals surface area contributed by atoms with Gasteiger partial charge in [-0.1, -0.05) is 19.1 Å². The van der Waals surface area contributed by atoms with Crippen molar-refractivity contribution in [3.8, 4) is 5.75 Å². The summed E-state index contributed by atoms with van der Waals surface area (Å²) in [5, 5.41) is 0. The summed E-state index contributed by atoms with van der Waals surface area (Å²) < 4.78 is 5.41. The maximum absolute atomic E-state index is 10.1. The van der Waals surface area contributed by atoms with Gasteiger partial charge in [-0.2, -0.15) is 0 Å². The molecule has 0 aromatic heterocycles. The summed E-state index contributed by atoms with van der Waals surface area (Å²) in [5.74, 6) is 0.828. The minimum atomic E-state index is 0.337. The van der Waals surface area contributed by atoms with E-state index in [1.165, 1.54) is 0 Å². The Morgan fingerprint density at radius 1 is 1.46 bits per heavy atom. The lowest BCUT2D eigenvalue weighted by Crippen LogP contribution is -1.95. The molecule has 0 unspecified atom stereocenters. The van der Waals surface area contributed by atoms with Crippen LogP contribution >= 0.6 is 0 Å². The molecule has 0 fully saturated rings. The third-order valence-electron chi connectivity index (χ3n) is 1.65. The highest BCUT2D eigenvalue weighted by Gasteiger charge is 1.95. The van der Waals surface area contributed by atoms with Gasteiger partial charge in [-0.3, -0.25) is 4.79 Å². The van der Waals surface area contributed by atoms with Crippen LogP contribution in [0.25, 0.3) is 0 Å². The molecule has 0 amide bonds. The van der Waals surface area contributed by atoms with Crippen LogP contribution in [0.3, 0.4) is 0 Å². The maximum Gasteiger partial charge on any atom is 0.203 e. The molecule has 1 aromatic rings. The van der Waals surface area contributed by atoms with E-state index < -0.39 is 0 Å². The van der Waals surface area contributed by atoms with Crippen LogP contribution in [-0.2, 0) is 11.2 Å². The van der Waals surface area contributed by atoms with Crippen molar-refractivity contribution < 1.29 is 9.53 Å². The van der Waals surface area contributed by atoms with Gasteiger partial charge in [0.2, 0.25) is 6.29 Å². The molecule has 0 saturated carbocycles. The highest BCUT2D eigenvalue weighted by Crippen LogP contribution is 2.13. The van der Waals surface area contributed by atoms with Gasteiger partial charge in [0.1, 0.15) is 5.75 Å². The number of ether oxygens (including phenoxy) is 1. The van der Waals surface area contributed by atoms with Gasteiger partial charge < -0.3 is 4.74 Å². The SMILES string of the molecule is CCCOc1cccc(C[C]=O)c1. The lowest BCUT2D eigenvalue weighted by molar-refractivity contribution is 0.317. The topological polar surface area (TPSA) is 26.3 Å². The van der Waals surface area contributed by atoms with Crippen molar-refractivity contribution in [1.29, 1.82) is 0 Å². The molecule has 1 rings (SSSR count). The average Bonchev–Trinajstić information content (AvgIpc) is 2.16. The van der Waals surface area contributed by atoms with Crippen molar-refractivity contribution in [2.24, 2.45) is 0 Å². The Bertz CT molecular complexity index is 269. The van der Waals surface area contributed by atoms with Crippen LogP contribution in [0.15, 0.2) is 24.3 Å². The fourth-order valence-electron chi connectivity index (χ4n) is 1.05. The van der Waals surface area contributed by atoms with E-state index in [0.717, 1.165) is 17.7 Å². The largest absolute Gasteiger partial charge is 0.494 e. The fourth-order valence-corrected chi connectivity index (χ4v) is 1.05. The standard InChI is InChI=1S/C11H13O2/c1-2-8-13-11-5-3-4-10(9-11)6-7-12/h3-5,9H,2,6,8H2,1H3. The van der Waals surface area contributed by atoms with E-state index >= 15 is 0 Å². The number of hydrogen-bond acceptors (Lipinski definition) is 2. The summed E-state index contributed by atoms with van der Waals surface area (Å²) in [5.41, 5.74) is 0.948. The van der Waals surface area contributed by atoms with E-state index in [4.69, 9.17) is 4.74 Å². The molecule has 13 heavy (non-hydrogen) atoms. The van der Waals surface area contributed by atoms with Crippen molar-refractivity contribution >= 4 is 6.29 Å². The number of hydrogen-bond donors (Lipinski definition) is 0. The summed E-state index contributed by atoms with van der Waals surface area (Å²) in [4.78, 5) is 10.1. The van der Waals surface area contributed by atoms with Crippen LogP contribution in [0, 0.1) is 0 Å². The second-order valence-electron chi connectivity index (χ2n) is 2.82. The van der Waals surface area contributed by atoms with Gasteiger partial charge in [-0.15, -0.1) is 0 Å². The summed E-state index contributed by atoms with van der Waals surface area (Å²) in [7, 11) is 0. The van der Waals surface area contributed by atoms with Gasteiger partial charge in [0.05, 0.1) is 6.61 Å². The third-order valence-corrected chi connectivity index (χ3v) is 1.65. The van der Waals surface area contributed by atoms with Gasteiger partial charge in [0.25, 0.3) is 0 Å². The molecule has 0 aliphatic heterocycles. The molecule has 2 nitrogen and oxygen atoms in total. The van der Waals surface area contributed by atoms with Crippen LogP contribution in [0.1, 0.15) is 18.9 Å². The molecule has 0 N–H and O–H groups in total. The molecule has 1 aromatic carbocycles. The predicted molar refractivity (Wildman–Crippen MR) is 51.6 cm³/mol. The van der Waals surface area contributed by atoms with Crippen molar-refractivity contribution in [3.63, 3.8) is 0 Å². The molecule has 0 heterocycles. The van der Waals surface area contributed by atoms with Crippen LogP contribution in [-0.4, -0.2) is 12.9 Å². The van der Waals surface area contributed by atoms with Crippen LogP contribution in [0.4, 0.5) is 0 Å². The molecular weight excluding hydrogens is 164 g/mol. The lowest BCUT2D eigenvalue weighted by Gasteiger charge is -2.04. The minimum absolute atomic E-state index is 0.337. The minimum Gasteiger partial charge on any atom is -0.494 e. The second-order valence-corrected chi connectivity index (χ2v) is 2.82. The van der Waals surface area contributed by atoms with Crippen molar-refractivity contribution in [1.82, 2.24) is 0 Å². The summed E-state index contributed by atoms with van der Waals surface area (Å²) >= 11 is 0. The van der Waals surface area contributed by atoms with E-state index in [1.54, 1.807) is 0 Å². The maximum atomic E-state index is 10.1. The van der Waals surface area contributed by atoms with Gasteiger partial charge in [0, 0.05) is 6.42 Å². The first-order chi connectivity index (χ1) is 6.36. The first-order valence-electron chi connectivity index (χ1n) is 4.43. The highest BCUT2D eigenvalue weighted by molar-refractivity contribution is 5.56. The normalized spacial score (nSPS) is 9.62. The van der Waals surface area contributed by atoms with Gasteiger partial charge >= 0.3 is 0 Å². The van der Waals surface area contributed by atoms with Crippen LogP contribution < -0.4 is 4.74 Å². The highest BCUT2D eigenvalue weighted by atomic mass is 16.5. The Morgan fingerprint density at radius 2 is 2.31 bits per heavy atom. The van der Waals surface area contributed by atoms with Crippen LogP contribution in [0.2, 0.25) is 0 Å². The molecular formula is C11H13O2. The average molecular weight is 177 g/mol. The zero-order valence-electron chi connectivity index (χ0n) is 7.75. The molecule has 0 aliphatic carbocycles. The number of benzene rings is 1. The molecule has 0 spiro atoms. The number of rotatable bonds is 5. The Kier molecular flexibility index (Phi) is 4.03. The first kappa shape index (κ1) is 9.78. The van der Waals surface area contributed by atoms with Crippen LogP contribution in [0.5, 0.6) is 5.75 Å². The van der Waals surface area contributed by atoms with Gasteiger partial charge in [-0.25, -0.2) is 0 Å². The predicted octanol–water partition coefficient (Wildman–Crippen LogP) is 2.13. The van der Waals surface area contributed by atoms with Gasteiger partial charge in [0.15, 0.2) is 0 Å². The van der Waals surface area contributed by atoms with E-state index in [9.17, 15) is 4.79 Å².